The third-order valence-corrected chi connectivity index (χ3v) is 6.15. The van der Waals surface area contributed by atoms with Crippen molar-refractivity contribution >= 4 is 28.6 Å². The molecule has 4 rings (SSSR count). The Bertz CT molecular complexity index is 908. The van der Waals surface area contributed by atoms with Crippen LogP contribution in [0.3, 0.4) is 0 Å². The minimum Gasteiger partial charge on any atom is -0.341 e. The summed E-state index contributed by atoms with van der Waals surface area (Å²) in [7, 11) is 0. The number of amides is 1. The Morgan fingerprint density at radius 3 is 2.54 bits per heavy atom. The summed E-state index contributed by atoms with van der Waals surface area (Å²) in [5.74, 6) is 1.17. The molecule has 0 atom stereocenters. The Labute approximate surface area is 159 Å². The fourth-order valence-corrected chi connectivity index (χ4v) is 4.56. The van der Waals surface area contributed by atoms with E-state index in [1.54, 1.807) is 0 Å². The van der Waals surface area contributed by atoms with E-state index in [9.17, 15) is 4.79 Å². The summed E-state index contributed by atoms with van der Waals surface area (Å²) in [6, 6.07) is 17.1. The number of nitrogens with zero attached hydrogens (tertiary/aromatic N) is 2. The van der Waals surface area contributed by atoms with Gasteiger partial charge in [0, 0.05) is 40.8 Å². The fraction of sp³-hybridized carbons (Fsp3) is 0.318. The smallest absolute Gasteiger partial charge is 0.242 e. The van der Waals surface area contributed by atoms with Crippen LogP contribution in [0, 0.1) is 6.92 Å². The van der Waals surface area contributed by atoms with E-state index in [0.29, 0.717) is 6.54 Å². The second kappa shape index (κ2) is 7.58. The number of aromatic nitrogens is 1. The maximum atomic E-state index is 12.6. The first-order chi connectivity index (χ1) is 12.7. The number of likely N-dealkylation sites (tertiary alicyclic amines) is 1. The third-order valence-electron chi connectivity index (χ3n) is 5.03. The van der Waals surface area contributed by atoms with Crippen LogP contribution in [0.1, 0.15) is 24.0 Å². The highest BCUT2D eigenvalue weighted by Gasteiger charge is 2.19. The second-order valence-electron chi connectivity index (χ2n) is 7.00. The van der Waals surface area contributed by atoms with Crippen molar-refractivity contribution in [2.45, 2.75) is 37.0 Å². The van der Waals surface area contributed by atoms with Gasteiger partial charge in [0.2, 0.25) is 5.91 Å². The maximum absolute atomic E-state index is 12.6. The van der Waals surface area contributed by atoms with Crippen LogP contribution >= 0.6 is 11.8 Å². The molecule has 1 aliphatic rings. The Morgan fingerprint density at radius 1 is 1.04 bits per heavy atom. The first-order valence-electron chi connectivity index (χ1n) is 9.25. The van der Waals surface area contributed by atoms with Crippen LogP contribution in [0.5, 0.6) is 0 Å². The van der Waals surface area contributed by atoms with E-state index in [2.05, 4.69) is 60.2 Å². The van der Waals surface area contributed by atoms with Crippen LogP contribution < -0.4 is 0 Å². The summed E-state index contributed by atoms with van der Waals surface area (Å²) < 4.78 is 2.12. The highest BCUT2D eigenvalue weighted by atomic mass is 32.2. The largest absolute Gasteiger partial charge is 0.341 e. The molecule has 3 nitrogen and oxygen atoms in total. The van der Waals surface area contributed by atoms with Crippen molar-refractivity contribution in [3.05, 3.63) is 65.9 Å². The molecule has 0 radical (unpaired) electrons. The Kier molecular flexibility index (Phi) is 5.02. The lowest BCUT2D eigenvalue weighted by molar-refractivity contribution is -0.130. The fourth-order valence-electron chi connectivity index (χ4n) is 3.52. The Hall–Kier alpha value is -2.20. The van der Waals surface area contributed by atoms with Crippen molar-refractivity contribution in [2.75, 3.05) is 13.1 Å². The van der Waals surface area contributed by atoms with Crippen molar-refractivity contribution in [2.24, 2.45) is 0 Å². The molecule has 134 valence electrons. The van der Waals surface area contributed by atoms with E-state index in [0.717, 1.165) is 37.2 Å². The van der Waals surface area contributed by atoms with E-state index < -0.39 is 0 Å². The first kappa shape index (κ1) is 17.2. The molecular formula is C22H24N2OS. The molecule has 1 amide bonds. The SMILES string of the molecule is Cc1ccc(CSc2cn(CC(=O)N3CCCC3)c3ccccc23)cc1. The molecule has 26 heavy (non-hydrogen) atoms. The number of benzene rings is 2. The molecule has 3 aromatic rings. The summed E-state index contributed by atoms with van der Waals surface area (Å²) >= 11 is 1.84. The van der Waals surface area contributed by atoms with E-state index in [1.165, 1.54) is 21.4 Å². The third kappa shape index (κ3) is 3.65. The van der Waals surface area contributed by atoms with Gasteiger partial charge < -0.3 is 9.47 Å². The minimum absolute atomic E-state index is 0.235. The van der Waals surface area contributed by atoms with E-state index in [4.69, 9.17) is 0 Å². The maximum Gasteiger partial charge on any atom is 0.242 e. The van der Waals surface area contributed by atoms with Crippen LogP contribution in [0.15, 0.2) is 59.6 Å². The zero-order chi connectivity index (χ0) is 17.9. The lowest BCUT2D eigenvalue weighted by atomic mass is 10.2. The first-order valence-corrected chi connectivity index (χ1v) is 10.2. The molecule has 2 heterocycles. The van der Waals surface area contributed by atoms with E-state index in [-0.39, 0.29) is 5.91 Å². The number of rotatable bonds is 5. The summed E-state index contributed by atoms with van der Waals surface area (Å²) in [5, 5.41) is 1.24. The zero-order valence-electron chi connectivity index (χ0n) is 15.1. The van der Waals surface area contributed by atoms with Gasteiger partial charge in [-0.25, -0.2) is 0 Å². The van der Waals surface area contributed by atoms with Crippen molar-refractivity contribution < 1.29 is 4.79 Å². The predicted molar refractivity (Wildman–Crippen MR) is 108 cm³/mol. The van der Waals surface area contributed by atoms with Crippen LogP contribution in [0.2, 0.25) is 0 Å². The zero-order valence-corrected chi connectivity index (χ0v) is 16.0. The molecule has 4 heteroatoms. The quantitative estimate of drug-likeness (QED) is 0.604. The summed E-state index contributed by atoms with van der Waals surface area (Å²) in [5.41, 5.74) is 3.76. The molecule has 1 saturated heterocycles. The number of hydrogen-bond acceptors (Lipinski definition) is 2. The number of thioether (sulfide) groups is 1. The van der Waals surface area contributed by atoms with Gasteiger partial charge in [-0.05, 0) is 31.4 Å². The average molecular weight is 365 g/mol. The van der Waals surface area contributed by atoms with Gasteiger partial charge in [0.1, 0.15) is 6.54 Å². The molecule has 0 saturated carbocycles. The van der Waals surface area contributed by atoms with Crippen LogP contribution in [-0.4, -0.2) is 28.5 Å². The monoisotopic (exact) mass is 364 g/mol. The van der Waals surface area contributed by atoms with Gasteiger partial charge in [0.15, 0.2) is 0 Å². The van der Waals surface area contributed by atoms with E-state index in [1.807, 2.05) is 22.7 Å². The predicted octanol–water partition coefficient (Wildman–Crippen LogP) is 4.86. The highest BCUT2D eigenvalue weighted by molar-refractivity contribution is 7.98. The Morgan fingerprint density at radius 2 is 1.77 bits per heavy atom. The molecule has 0 spiro atoms. The molecule has 0 bridgehead atoms. The molecule has 0 aliphatic carbocycles. The number of fused-ring (bicyclic) bond motifs is 1. The lowest BCUT2D eigenvalue weighted by Crippen LogP contribution is -2.30. The molecule has 1 fully saturated rings. The second-order valence-corrected chi connectivity index (χ2v) is 8.02. The van der Waals surface area contributed by atoms with Gasteiger partial charge in [0.25, 0.3) is 0 Å². The molecule has 0 unspecified atom stereocenters. The van der Waals surface area contributed by atoms with Gasteiger partial charge >= 0.3 is 0 Å². The van der Waals surface area contributed by atoms with Gasteiger partial charge in [-0.2, -0.15) is 0 Å². The number of carbonyl (C=O) groups is 1. The lowest BCUT2D eigenvalue weighted by Gasteiger charge is -2.15. The molecule has 2 aromatic carbocycles. The van der Waals surface area contributed by atoms with Gasteiger partial charge in [-0.3, -0.25) is 4.79 Å². The molecule has 1 aliphatic heterocycles. The molecule has 0 N–H and O–H groups in total. The van der Waals surface area contributed by atoms with Crippen LogP contribution in [-0.2, 0) is 17.1 Å². The van der Waals surface area contributed by atoms with Crippen LogP contribution in [0.4, 0.5) is 0 Å². The molecule has 1 aromatic heterocycles. The van der Waals surface area contributed by atoms with Gasteiger partial charge in [-0.15, -0.1) is 11.8 Å². The topological polar surface area (TPSA) is 25.2 Å². The standard InChI is InChI=1S/C22H24N2OS/c1-17-8-10-18(11-9-17)16-26-21-14-24(20-7-3-2-6-19(20)21)15-22(25)23-12-4-5-13-23/h2-3,6-11,14H,4-5,12-13,15-16H2,1H3. The average Bonchev–Trinajstić information content (AvgIpc) is 3.30. The van der Waals surface area contributed by atoms with Crippen molar-refractivity contribution in [3.63, 3.8) is 0 Å². The van der Waals surface area contributed by atoms with Crippen molar-refractivity contribution in [1.82, 2.24) is 9.47 Å². The van der Waals surface area contributed by atoms with E-state index >= 15 is 0 Å². The normalized spacial score (nSPS) is 14.3. The summed E-state index contributed by atoms with van der Waals surface area (Å²) in [6.45, 7) is 4.37. The highest BCUT2D eigenvalue weighted by Crippen LogP contribution is 2.32. The van der Waals surface area contributed by atoms with Gasteiger partial charge in [-0.1, -0.05) is 48.0 Å². The number of hydrogen-bond donors (Lipinski definition) is 0. The van der Waals surface area contributed by atoms with Gasteiger partial charge in [0.05, 0.1) is 0 Å². The minimum atomic E-state index is 0.235. The number of para-hydroxylation sites is 1. The van der Waals surface area contributed by atoms with Crippen molar-refractivity contribution in [1.29, 1.82) is 0 Å². The van der Waals surface area contributed by atoms with Crippen molar-refractivity contribution in [3.8, 4) is 0 Å². The summed E-state index contributed by atoms with van der Waals surface area (Å²) in [6.07, 6.45) is 4.42. The Balaban J connectivity index is 1.55. The number of carbonyl (C=O) groups excluding carboxylic acids is 1. The molecular weight excluding hydrogens is 340 g/mol. The number of aryl methyl sites for hydroxylation is 1. The van der Waals surface area contributed by atoms with Crippen LogP contribution in [0.25, 0.3) is 10.9 Å². The summed E-state index contributed by atoms with van der Waals surface area (Å²) in [4.78, 5) is 15.8.